The summed E-state index contributed by atoms with van der Waals surface area (Å²) in [6, 6.07) is 6.44. The zero-order valence-corrected chi connectivity index (χ0v) is 12.9. The molecule has 0 bridgehead atoms. The molecular formula is C16H23N3O. The third-order valence-electron chi connectivity index (χ3n) is 3.34. The van der Waals surface area contributed by atoms with E-state index in [1.807, 2.05) is 17.8 Å². The van der Waals surface area contributed by atoms with Crippen molar-refractivity contribution in [2.24, 2.45) is 0 Å². The van der Waals surface area contributed by atoms with Gasteiger partial charge < -0.3 is 4.74 Å². The summed E-state index contributed by atoms with van der Waals surface area (Å²) in [5.74, 6) is 1.44. The molecule has 0 aliphatic rings. The second-order valence-corrected chi connectivity index (χ2v) is 5.53. The fraction of sp³-hybridized carbons (Fsp3) is 0.500. The summed E-state index contributed by atoms with van der Waals surface area (Å²) in [5.41, 5.74) is 3.70. The third-order valence-corrected chi connectivity index (χ3v) is 3.34. The van der Waals surface area contributed by atoms with Crippen molar-refractivity contribution in [2.45, 2.75) is 46.5 Å². The maximum absolute atomic E-state index is 5.41. The van der Waals surface area contributed by atoms with Gasteiger partial charge in [-0.3, -0.25) is 0 Å². The lowest BCUT2D eigenvalue weighted by atomic mass is 9.93. The van der Waals surface area contributed by atoms with Crippen molar-refractivity contribution in [3.8, 4) is 11.6 Å². The lowest BCUT2D eigenvalue weighted by Gasteiger charge is -2.18. The van der Waals surface area contributed by atoms with Crippen molar-refractivity contribution < 1.29 is 4.74 Å². The molecule has 0 aliphatic heterocycles. The van der Waals surface area contributed by atoms with Crippen LogP contribution in [0.2, 0.25) is 0 Å². The average molecular weight is 273 g/mol. The van der Waals surface area contributed by atoms with Crippen molar-refractivity contribution in [3.63, 3.8) is 0 Å². The molecule has 108 valence electrons. The van der Waals surface area contributed by atoms with E-state index in [9.17, 15) is 0 Å². The molecule has 0 saturated heterocycles. The van der Waals surface area contributed by atoms with E-state index >= 15 is 0 Å². The minimum absolute atomic E-state index is 0.434. The van der Waals surface area contributed by atoms with Gasteiger partial charge in [-0.15, -0.1) is 0 Å². The Hall–Kier alpha value is -1.84. The number of benzene rings is 1. The molecule has 1 aromatic carbocycles. The Morgan fingerprint density at radius 1 is 1.10 bits per heavy atom. The molecule has 0 spiro atoms. The Morgan fingerprint density at radius 3 is 2.20 bits per heavy atom. The normalized spacial score (nSPS) is 11.3. The van der Waals surface area contributed by atoms with Gasteiger partial charge in [0, 0.05) is 0 Å². The highest BCUT2D eigenvalue weighted by Gasteiger charge is 2.17. The fourth-order valence-corrected chi connectivity index (χ4v) is 2.35. The monoisotopic (exact) mass is 273 g/mol. The van der Waals surface area contributed by atoms with Crippen LogP contribution in [-0.4, -0.2) is 21.6 Å². The number of rotatable bonds is 5. The summed E-state index contributed by atoms with van der Waals surface area (Å²) in [6.45, 7) is 11.3. The molecule has 0 fully saturated rings. The Bertz CT molecular complexity index is 547. The maximum Gasteiger partial charge on any atom is 0.253 e. The van der Waals surface area contributed by atoms with E-state index < -0.39 is 0 Å². The van der Waals surface area contributed by atoms with Gasteiger partial charge in [-0.1, -0.05) is 56.2 Å². The molecule has 1 aromatic heterocycles. The Morgan fingerprint density at radius 2 is 1.70 bits per heavy atom. The van der Waals surface area contributed by atoms with E-state index in [0.717, 1.165) is 5.69 Å². The van der Waals surface area contributed by atoms with E-state index in [2.05, 4.69) is 56.2 Å². The molecule has 1 heterocycles. The van der Waals surface area contributed by atoms with E-state index in [4.69, 9.17) is 4.74 Å². The highest BCUT2D eigenvalue weighted by molar-refractivity contribution is 5.50. The first kappa shape index (κ1) is 14.6. The van der Waals surface area contributed by atoms with Crippen LogP contribution in [0.15, 0.2) is 24.4 Å². The van der Waals surface area contributed by atoms with Crippen LogP contribution in [-0.2, 0) is 0 Å². The van der Waals surface area contributed by atoms with Gasteiger partial charge in [-0.25, -0.2) is 4.68 Å². The molecule has 0 atom stereocenters. The predicted octanol–water partition coefficient (Wildman–Crippen LogP) is 3.91. The second-order valence-electron chi connectivity index (χ2n) is 5.53. The number of hydrogen-bond donors (Lipinski definition) is 0. The van der Waals surface area contributed by atoms with Gasteiger partial charge >= 0.3 is 0 Å². The topological polar surface area (TPSA) is 39.9 Å². The molecule has 0 N–H and O–H groups in total. The zero-order valence-electron chi connectivity index (χ0n) is 12.9. The Balaban J connectivity index is 2.56. The smallest absolute Gasteiger partial charge is 0.253 e. The summed E-state index contributed by atoms with van der Waals surface area (Å²) in [6.07, 6.45) is 1.86. The van der Waals surface area contributed by atoms with Crippen LogP contribution in [0.5, 0.6) is 5.88 Å². The second kappa shape index (κ2) is 6.07. The molecule has 4 nitrogen and oxygen atoms in total. The first-order valence-electron chi connectivity index (χ1n) is 7.22. The number of ether oxygens (including phenoxy) is 1. The Labute approximate surface area is 120 Å². The number of hydrogen-bond acceptors (Lipinski definition) is 3. The van der Waals surface area contributed by atoms with Gasteiger partial charge in [0.2, 0.25) is 0 Å². The summed E-state index contributed by atoms with van der Waals surface area (Å²) < 4.78 is 7.26. The SMILES string of the molecule is CCOc1cn(-c2c(C(C)C)cccc2C(C)C)nn1. The number of nitrogens with zero attached hydrogens (tertiary/aromatic N) is 3. The number of aromatic nitrogens is 3. The minimum Gasteiger partial charge on any atom is -0.476 e. The van der Waals surface area contributed by atoms with E-state index in [0.29, 0.717) is 24.3 Å². The molecule has 2 aromatic rings. The summed E-state index contributed by atoms with van der Waals surface area (Å²) in [5, 5.41) is 8.31. The summed E-state index contributed by atoms with van der Waals surface area (Å²) in [7, 11) is 0. The third kappa shape index (κ3) is 2.84. The minimum atomic E-state index is 0.434. The van der Waals surface area contributed by atoms with E-state index in [1.54, 1.807) is 0 Å². The lowest BCUT2D eigenvalue weighted by Crippen LogP contribution is -2.07. The van der Waals surface area contributed by atoms with Gasteiger partial charge in [0.1, 0.15) is 0 Å². The van der Waals surface area contributed by atoms with Crippen LogP contribution in [0.3, 0.4) is 0 Å². The summed E-state index contributed by atoms with van der Waals surface area (Å²) >= 11 is 0. The highest BCUT2D eigenvalue weighted by Crippen LogP contribution is 2.30. The van der Waals surface area contributed by atoms with Crippen LogP contribution in [0.1, 0.15) is 57.6 Å². The quantitative estimate of drug-likeness (QED) is 0.829. The molecule has 20 heavy (non-hydrogen) atoms. The fourth-order valence-electron chi connectivity index (χ4n) is 2.35. The molecule has 0 aliphatic carbocycles. The first-order chi connectivity index (χ1) is 9.54. The predicted molar refractivity (Wildman–Crippen MR) is 80.7 cm³/mol. The van der Waals surface area contributed by atoms with Crippen LogP contribution in [0.25, 0.3) is 5.69 Å². The Kier molecular flexibility index (Phi) is 4.42. The zero-order chi connectivity index (χ0) is 14.7. The molecular weight excluding hydrogens is 250 g/mol. The lowest BCUT2D eigenvalue weighted by molar-refractivity contribution is 0.326. The molecule has 0 saturated carbocycles. The van der Waals surface area contributed by atoms with Crippen molar-refractivity contribution in [2.75, 3.05) is 6.61 Å². The van der Waals surface area contributed by atoms with Gasteiger partial charge in [0.15, 0.2) is 0 Å². The van der Waals surface area contributed by atoms with Gasteiger partial charge in [-0.2, -0.15) is 0 Å². The van der Waals surface area contributed by atoms with Crippen LogP contribution < -0.4 is 4.74 Å². The standard InChI is InChI=1S/C16H23N3O/c1-6-20-15-10-19(18-17-15)16-13(11(2)3)8-7-9-14(16)12(4)5/h7-12H,6H2,1-5H3. The van der Waals surface area contributed by atoms with Crippen LogP contribution in [0, 0.1) is 0 Å². The van der Waals surface area contributed by atoms with Gasteiger partial charge in [-0.05, 0) is 29.9 Å². The van der Waals surface area contributed by atoms with Crippen LogP contribution >= 0.6 is 0 Å². The molecule has 0 radical (unpaired) electrons. The summed E-state index contributed by atoms with van der Waals surface area (Å²) in [4.78, 5) is 0. The largest absolute Gasteiger partial charge is 0.476 e. The van der Waals surface area contributed by atoms with E-state index in [1.165, 1.54) is 11.1 Å². The maximum atomic E-state index is 5.41. The molecule has 0 amide bonds. The van der Waals surface area contributed by atoms with Crippen LogP contribution in [0.4, 0.5) is 0 Å². The molecule has 0 unspecified atom stereocenters. The van der Waals surface area contributed by atoms with E-state index in [-0.39, 0.29) is 0 Å². The van der Waals surface area contributed by atoms with Gasteiger partial charge in [0.05, 0.1) is 18.5 Å². The van der Waals surface area contributed by atoms with Crippen molar-refractivity contribution in [3.05, 3.63) is 35.5 Å². The molecule has 4 heteroatoms. The van der Waals surface area contributed by atoms with Crippen molar-refractivity contribution in [1.82, 2.24) is 15.0 Å². The number of para-hydroxylation sites is 1. The van der Waals surface area contributed by atoms with Crippen molar-refractivity contribution >= 4 is 0 Å². The molecule has 2 rings (SSSR count). The van der Waals surface area contributed by atoms with Crippen molar-refractivity contribution in [1.29, 1.82) is 0 Å². The average Bonchev–Trinajstić information content (AvgIpc) is 2.86. The first-order valence-corrected chi connectivity index (χ1v) is 7.22. The highest BCUT2D eigenvalue weighted by atomic mass is 16.5. The van der Waals surface area contributed by atoms with Gasteiger partial charge in [0.25, 0.3) is 5.88 Å².